The molecule has 1 aliphatic heterocycles. The van der Waals surface area contributed by atoms with E-state index in [9.17, 15) is 9.59 Å². The molecule has 5 heteroatoms. The molecule has 0 radical (unpaired) electrons. The zero-order valence-corrected chi connectivity index (χ0v) is 21.2. The number of benzene rings is 3. The van der Waals surface area contributed by atoms with Crippen molar-refractivity contribution in [1.29, 1.82) is 0 Å². The van der Waals surface area contributed by atoms with E-state index in [1.165, 1.54) is 0 Å². The molecule has 1 N–H and O–H groups in total. The van der Waals surface area contributed by atoms with Gasteiger partial charge < -0.3 is 14.8 Å². The molecule has 2 aliphatic rings. The summed E-state index contributed by atoms with van der Waals surface area (Å²) in [7, 11) is 0. The number of ketones is 1. The maximum atomic E-state index is 13.3. The van der Waals surface area contributed by atoms with E-state index < -0.39 is 0 Å². The minimum absolute atomic E-state index is 0.189. The fourth-order valence-corrected chi connectivity index (χ4v) is 5.32. The Morgan fingerprint density at radius 2 is 1.89 bits per heavy atom. The van der Waals surface area contributed by atoms with Crippen molar-refractivity contribution in [3.8, 4) is 11.5 Å². The lowest BCUT2D eigenvalue weighted by molar-refractivity contribution is -0.134. The predicted octanol–water partition coefficient (Wildman–Crippen LogP) is 7.14. The molecule has 186 valence electrons. The van der Waals surface area contributed by atoms with Crippen LogP contribution in [0.3, 0.4) is 0 Å². The molecule has 1 unspecified atom stereocenters. The predicted molar refractivity (Wildman–Crippen MR) is 143 cm³/mol. The molecule has 5 rings (SSSR count). The van der Waals surface area contributed by atoms with Gasteiger partial charge in [0.2, 0.25) is 0 Å². The summed E-state index contributed by atoms with van der Waals surface area (Å²) < 4.78 is 11.6. The van der Waals surface area contributed by atoms with Crippen molar-refractivity contribution in [2.45, 2.75) is 58.8 Å². The average molecular weight is 484 g/mol. The number of hydrogen-bond acceptors (Lipinski definition) is 5. The molecule has 0 fully saturated rings. The van der Waals surface area contributed by atoms with Crippen LogP contribution in [-0.4, -0.2) is 18.4 Å². The van der Waals surface area contributed by atoms with Gasteiger partial charge in [0.1, 0.15) is 0 Å². The summed E-state index contributed by atoms with van der Waals surface area (Å²) in [6.45, 7) is 6.53. The Morgan fingerprint density at radius 3 is 2.69 bits per heavy atom. The fraction of sp³-hybridized carbons (Fsp3) is 0.355. The van der Waals surface area contributed by atoms with Crippen LogP contribution in [0.5, 0.6) is 11.5 Å². The van der Waals surface area contributed by atoms with Gasteiger partial charge in [-0.1, -0.05) is 50.2 Å². The van der Waals surface area contributed by atoms with Crippen LogP contribution in [-0.2, 0) is 9.59 Å². The highest BCUT2D eigenvalue weighted by atomic mass is 16.6. The van der Waals surface area contributed by atoms with Crippen LogP contribution in [0.2, 0.25) is 0 Å². The molecule has 0 saturated carbocycles. The van der Waals surface area contributed by atoms with Crippen LogP contribution in [0.15, 0.2) is 65.9 Å². The summed E-state index contributed by atoms with van der Waals surface area (Å²) in [6.07, 6.45) is 3.41. The third-order valence-corrected chi connectivity index (χ3v) is 7.04. The number of fused-ring (bicyclic) bond motifs is 3. The largest absolute Gasteiger partial charge is 0.490 e. The topological polar surface area (TPSA) is 64.6 Å². The van der Waals surface area contributed by atoms with Crippen LogP contribution in [0.25, 0.3) is 10.8 Å². The van der Waals surface area contributed by atoms with Crippen LogP contribution >= 0.6 is 0 Å². The van der Waals surface area contributed by atoms with Crippen molar-refractivity contribution in [3.05, 3.63) is 77.0 Å². The number of anilines is 1. The molecule has 0 saturated heterocycles. The molecule has 3 aromatic rings. The molecule has 1 heterocycles. The molecule has 0 amide bonds. The zero-order chi connectivity index (χ0) is 25.2. The van der Waals surface area contributed by atoms with Crippen molar-refractivity contribution in [1.82, 2.24) is 0 Å². The first kappa shape index (κ1) is 24.1. The number of carbonyl (C=O) groups excluding carboxylic acids is 2. The Hall–Kier alpha value is -3.60. The lowest BCUT2D eigenvalue weighted by Gasteiger charge is -2.35. The van der Waals surface area contributed by atoms with Gasteiger partial charge in [0.15, 0.2) is 17.3 Å². The first-order valence-electron chi connectivity index (χ1n) is 13.0. The minimum atomic E-state index is -0.261. The molecule has 1 atom stereocenters. The number of Topliss-reactive ketones (excluding diaryl/α,β-unsaturated/α-hetero) is 1. The summed E-state index contributed by atoms with van der Waals surface area (Å²) in [4.78, 5) is 25.8. The smallest absolute Gasteiger partial charge is 0.311 e. The number of rotatable bonds is 7. The van der Waals surface area contributed by atoms with E-state index >= 15 is 0 Å². The zero-order valence-electron chi connectivity index (χ0n) is 21.2. The summed E-state index contributed by atoms with van der Waals surface area (Å²) >= 11 is 0. The SMILES string of the molecule is CCOc1cc(C2C3=C(CCCC3=O)Nc3ccc4ccccc4c32)ccc1OC(=O)CCC(C)C. The van der Waals surface area contributed by atoms with Gasteiger partial charge in [-0.25, -0.2) is 0 Å². The summed E-state index contributed by atoms with van der Waals surface area (Å²) in [5.41, 5.74) is 4.96. The molecule has 0 spiro atoms. The van der Waals surface area contributed by atoms with Crippen molar-refractivity contribution in [3.63, 3.8) is 0 Å². The molecule has 0 bridgehead atoms. The van der Waals surface area contributed by atoms with Crippen molar-refractivity contribution in [2.24, 2.45) is 5.92 Å². The van der Waals surface area contributed by atoms with Crippen LogP contribution in [0.1, 0.15) is 69.9 Å². The Labute approximate surface area is 212 Å². The third-order valence-electron chi connectivity index (χ3n) is 7.04. The lowest BCUT2D eigenvalue weighted by atomic mass is 9.74. The maximum Gasteiger partial charge on any atom is 0.311 e. The Balaban J connectivity index is 1.62. The third kappa shape index (κ3) is 4.62. The van der Waals surface area contributed by atoms with Gasteiger partial charge in [-0.05, 0) is 72.2 Å². The van der Waals surface area contributed by atoms with Crippen molar-refractivity contribution >= 4 is 28.2 Å². The van der Waals surface area contributed by atoms with Crippen LogP contribution in [0, 0.1) is 5.92 Å². The standard InChI is InChI=1S/C31H33NO4/c1-4-35-27-18-21(14-16-26(27)36-28(34)17-12-19(2)3)29-30-22-9-6-5-8-20(22)13-15-24(30)32-23-10-7-11-25(33)31(23)29/h5-6,8-9,13-16,18-19,29,32H,4,7,10-12,17H2,1-3H3. The van der Waals surface area contributed by atoms with Gasteiger partial charge in [0, 0.05) is 35.7 Å². The Bertz CT molecular complexity index is 1350. The molecular formula is C31H33NO4. The number of esters is 1. The van der Waals surface area contributed by atoms with E-state index in [1.54, 1.807) is 0 Å². The molecule has 3 aromatic carbocycles. The van der Waals surface area contributed by atoms with Crippen molar-refractivity contribution < 1.29 is 19.1 Å². The van der Waals surface area contributed by atoms with E-state index in [-0.39, 0.29) is 17.7 Å². The summed E-state index contributed by atoms with van der Waals surface area (Å²) in [5.74, 6) is 1.08. The molecule has 1 aliphatic carbocycles. The number of allylic oxidation sites excluding steroid dienone is 2. The van der Waals surface area contributed by atoms with E-state index in [0.29, 0.717) is 36.9 Å². The fourth-order valence-electron chi connectivity index (χ4n) is 5.32. The number of nitrogens with one attached hydrogen (secondary N) is 1. The first-order chi connectivity index (χ1) is 17.5. The van der Waals surface area contributed by atoms with Gasteiger partial charge in [-0.3, -0.25) is 9.59 Å². The van der Waals surface area contributed by atoms with Gasteiger partial charge in [-0.2, -0.15) is 0 Å². The van der Waals surface area contributed by atoms with Gasteiger partial charge in [0.05, 0.1) is 6.61 Å². The molecule has 0 aromatic heterocycles. The highest BCUT2D eigenvalue weighted by Gasteiger charge is 2.36. The number of carbonyl (C=O) groups is 2. The normalized spacial score (nSPS) is 17.0. The average Bonchev–Trinajstić information content (AvgIpc) is 2.87. The van der Waals surface area contributed by atoms with Crippen molar-refractivity contribution in [2.75, 3.05) is 11.9 Å². The van der Waals surface area contributed by atoms with E-state index in [4.69, 9.17) is 9.47 Å². The highest BCUT2D eigenvalue weighted by Crippen LogP contribution is 2.49. The number of ether oxygens (including phenoxy) is 2. The van der Waals surface area contributed by atoms with Gasteiger partial charge in [0.25, 0.3) is 0 Å². The maximum absolute atomic E-state index is 13.3. The van der Waals surface area contributed by atoms with Crippen LogP contribution < -0.4 is 14.8 Å². The lowest BCUT2D eigenvalue weighted by Crippen LogP contribution is -2.27. The second kappa shape index (κ2) is 10.2. The highest BCUT2D eigenvalue weighted by molar-refractivity contribution is 6.04. The summed E-state index contributed by atoms with van der Waals surface area (Å²) in [6, 6.07) is 18.3. The Kier molecular flexibility index (Phi) is 6.82. The number of hydrogen-bond donors (Lipinski definition) is 1. The first-order valence-corrected chi connectivity index (χ1v) is 13.0. The van der Waals surface area contributed by atoms with E-state index in [1.807, 2.05) is 37.3 Å². The summed E-state index contributed by atoms with van der Waals surface area (Å²) in [5, 5.41) is 5.84. The minimum Gasteiger partial charge on any atom is -0.490 e. The Morgan fingerprint density at radius 1 is 1.06 bits per heavy atom. The molecule has 36 heavy (non-hydrogen) atoms. The molecular weight excluding hydrogens is 450 g/mol. The van der Waals surface area contributed by atoms with E-state index in [2.05, 4.69) is 43.4 Å². The monoisotopic (exact) mass is 483 g/mol. The second-order valence-corrected chi connectivity index (χ2v) is 10.0. The van der Waals surface area contributed by atoms with Gasteiger partial charge >= 0.3 is 5.97 Å². The van der Waals surface area contributed by atoms with E-state index in [0.717, 1.165) is 58.1 Å². The quantitative estimate of drug-likeness (QED) is 0.286. The second-order valence-electron chi connectivity index (χ2n) is 10.0. The van der Waals surface area contributed by atoms with Crippen LogP contribution in [0.4, 0.5) is 5.69 Å². The van der Waals surface area contributed by atoms with Gasteiger partial charge in [-0.15, -0.1) is 0 Å². The molecule has 5 nitrogen and oxygen atoms in total.